The second-order valence-corrected chi connectivity index (χ2v) is 7.85. The van der Waals surface area contributed by atoms with Crippen molar-refractivity contribution >= 4 is 13.5 Å². The lowest BCUT2D eigenvalue weighted by Gasteiger charge is -2.47. The van der Waals surface area contributed by atoms with E-state index in [0.29, 0.717) is 0 Å². The van der Waals surface area contributed by atoms with Crippen LogP contribution in [0.15, 0.2) is 0 Å². The molecule has 6 atom stereocenters. The van der Waals surface area contributed by atoms with Gasteiger partial charge in [-0.2, -0.15) is 0 Å². The minimum atomic E-state index is -4.28. The molecule has 1 aliphatic heterocycles. The predicted molar refractivity (Wildman–Crippen MR) is 78.8 cm³/mol. The standard InChI is InChI=1S/C12H24NO10P/c1-6(15)13-9-7(16)4-12(19,24(20,21-2)22-3)23-11(9)10(18)8(17)5-14/h7-11,14,16-19H,4-5H2,1-3H3,(H,13,15)/t7-,8+,9+,10+,11+,12-/m0/s1. The number of carbonyl (C=O) groups excluding carboxylic acids is 1. The Labute approximate surface area is 138 Å². The SMILES string of the molecule is COP(=O)(OC)[C@]1(O)C[C@H](O)[C@@H](NC(C)=O)[C@H]([C@H](O)[C@H](O)CO)O1. The number of ether oxygens (including phenoxy) is 1. The van der Waals surface area contributed by atoms with Gasteiger partial charge in [0.1, 0.15) is 18.3 Å². The normalized spacial score (nSPS) is 33.8. The van der Waals surface area contributed by atoms with Crippen LogP contribution in [0.5, 0.6) is 0 Å². The van der Waals surface area contributed by atoms with Gasteiger partial charge in [-0.1, -0.05) is 0 Å². The third-order valence-corrected chi connectivity index (χ3v) is 5.87. The van der Waals surface area contributed by atoms with Crippen LogP contribution in [0, 0.1) is 0 Å². The molecule has 1 amide bonds. The van der Waals surface area contributed by atoms with Crippen LogP contribution < -0.4 is 5.32 Å². The summed E-state index contributed by atoms with van der Waals surface area (Å²) in [6.45, 7) is 0.295. The highest BCUT2D eigenvalue weighted by Gasteiger charge is 2.59. The highest BCUT2D eigenvalue weighted by atomic mass is 31.2. The summed E-state index contributed by atoms with van der Waals surface area (Å²) in [6, 6.07) is -1.25. The Bertz CT molecular complexity index is 482. The molecule has 1 aliphatic rings. The predicted octanol–water partition coefficient (Wildman–Crippen LogP) is -2.51. The molecule has 0 unspecified atom stereocenters. The number of hydrogen-bond donors (Lipinski definition) is 6. The van der Waals surface area contributed by atoms with E-state index >= 15 is 0 Å². The smallest absolute Gasteiger partial charge is 0.389 e. The van der Waals surface area contributed by atoms with E-state index in [4.69, 9.17) is 9.84 Å². The molecule has 0 saturated carbocycles. The third-order valence-electron chi connectivity index (χ3n) is 3.76. The van der Waals surface area contributed by atoms with Crippen LogP contribution in [0.2, 0.25) is 0 Å². The molecule has 0 spiro atoms. The molecule has 0 aromatic carbocycles. The van der Waals surface area contributed by atoms with Crippen LogP contribution in [0.1, 0.15) is 13.3 Å². The Hall–Kier alpha value is -0.620. The number of aliphatic hydroxyl groups excluding tert-OH is 4. The largest absolute Gasteiger partial charge is 0.394 e. The Kier molecular flexibility index (Phi) is 7.29. The quantitative estimate of drug-likeness (QED) is 0.261. The van der Waals surface area contributed by atoms with Crippen LogP contribution in [0.4, 0.5) is 0 Å². The zero-order valence-corrected chi connectivity index (χ0v) is 14.4. The van der Waals surface area contributed by atoms with Crippen molar-refractivity contribution in [1.29, 1.82) is 0 Å². The fraction of sp³-hybridized carbons (Fsp3) is 0.917. The van der Waals surface area contributed by atoms with Gasteiger partial charge in [0.25, 0.3) is 5.53 Å². The zero-order valence-electron chi connectivity index (χ0n) is 13.5. The van der Waals surface area contributed by atoms with Crippen molar-refractivity contribution in [2.75, 3.05) is 20.8 Å². The van der Waals surface area contributed by atoms with Crippen LogP contribution in [0.25, 0.3) is 0 Å². The summed E-state index contributed by atoms with van der Waals surface area (Å²) in [5.74, 6) is -0.578. The molecule has 142 valence electrons. The number of nitrogens with one attached hydrogen (secondary N) is 1. The summed E-state index contributed by atoms with van der Waals surface area (Å²) in [6.07, 6.45) is -7.31. The molecule has 11 nitrogen and oxygen atoms in total. The molecule has 12 heteroatoms. The van der Waals surface area contributed by atoms with Crippen molar-refractivity contribution in [3.05, 3.63) is 0 Å². The van der Waals surface area contributed by atoms with Gasteiger partial charge in [0, 0.05) is 27.6 Å². The summed E-state index contributed by atoms with van der Waals surface area (Å²) < 4.78 is 27.1. The first-order valence-electron chi connectivity index (χ1n) is 7.09. The number of amides is 1. The first-order chi connectivity index (χ1) is 11.0. The fourth-order valence-electron chi connectivity index (χ4n) is 2.52. The third kappa shape index (κ3) is 4.13. The van der Waals surface area contributed by atoms with E-state index in [-0.39, 0.29) is 0 Å². The minimum Gasteiger partial charge on any atom is -0.394 e. The number of rotatable bonds is 7. The zero-order chi connectivity index (χ0) is 18.7. The molecule has 0 aromatic rings. The van der Waals surface area contributed by atoms with Gasteiger partial charge in [0.05, 0.1) is 18.8 Å². The molecule has 0 aliphatic carbocycles. The van der Waals surface area contributed by atoms with Crippen LogP contribution >= 0.6 is 7.60 Å². The second-order valence-electron chi connectivity index (χ2n) is 5.43. The first-order valence-corrected chi connectivity index (χ1v) is 8.63. The summed E-state index contributed by atoms with van der Waals surface area (Å²) in [5.41, 5.74) is -2.63. The molecule has 1 heterocycles. The molecule has 6 N–H and O–H groups in total. The molecular weight excluding hydrogens is 349 g/mol. The van der Waals surface area contributed by atoms with E-state index in [1.54, 1.807) is 0 Å². The maximum Gasteiger partial charge on any atom is 0.389 e. The van der Waals surface area contributed by atoms with Gasteiger partial charge < -0.3 is 44.6 Å². The summed E-state index contributed by atoms with van der Waals surface area (Å²) in [5, 5.41) is 51.8. The van der Waals surface area contributed by atoms with E-state index in [0.717, 1.165) is 21.1 Å². The van der Waals surface area contributed by atoms with E-state index in [1.807, 2.05) is 0 Å². The van der Waals surface area contributed by atoms with Gasteiger partial charge >= 0.3 is 7.60 Å². The first kappa shape index (κ1) is 21.4. The van der Waals surface area contributed by atoms with E-state index in [1.165, 1.54) is 0 Å². The molecule has 24 heavy (non-hydrogen) atoms. The Morgan fingerprint density at radius 1 is 1.42 bits per heavy atom. The monoisotopic (exact) mass is 373 g/mol. The highest BCUT2D eigenvalue weighted by molar-refractivity contribution is 7.55. The van der Waals surface area contributed by atoms with Crippen molar-refractivity contribution in [2.24, 2.45) is 0 Å². The molecule has 1 fully saturated rings. The summed E-state index contributed by atoms with van der Waals surface area (Å²) >= 11 is 0. The number of aliphatic hydroxyl groups is 5. The molecule has 1 saturated heterocycles. The van der Waals surface area contributed by atoms with Crippen LogP contribution in [-0.4, -0.2) is 88.3 Å². The molecule has 0 radical (unpaired) electrons. The van der Waals surface area contributed by atoms with Crippen LogP contribution in [-0.2, 0) is 23.1 Å². The van der Waals surface area contributed by atoms with E-state index < -0.39 is 62.5 Å². The molecular formula is C12H24NO10P. The average Bonchev–Trinajstić information content (AvgIpc) is 2.54. The fourth-order valence-corrected chi connectivity index (χ4v) is 3.90. The molecule has 0 bridgehead atoms. The van der Waals surface area contributed by atoms with Crippen LogP contribution in [0.3, 0.4) is 0 Å². The molecule has 0 aromatic heterocycles. The van der Waals surface area contributed by atoms with Gasteiger partial charge in [-0.25, -0.2) is 0 Å². The molecule has 1 rings (SSSR count). The van der Waals surface area contributed by atoms with E-state index in [2.05, 4.69) is 14.4 Å². The maximum absolute atomic E-state index is 12.5. The summed E-state index contributed by atoms with van der Waals surface area (Å²) in [7, 11) is -2.29. The second kappa shape index (κ2) is 8.17. The lowest BCUT2D eigenvalue weighted by Crippen LogP contribution is -2.65. The maximum atomic E-state index is 12.5. The Balaban J connectivity index is 3.24. The van der Waals surface area contributed by atoms with E-state index in [9.17, 15) is 29.8 Å². The average molecular weight is 373 g/mol. The topological polar surface area (TPSA) is 175 Å². The lowest BCUT2D eigenvalue weighted by atomic mass is 9.92. The Morgan fingerprint density at radius 2 is 1.96 bits per heavy atom. The van der Waals surface area contributed by atoms with Gasteiger partial charge in [-0.3, -0.25) is 9.36 Å². The lowest BCUT2D eigenvalue weighted by molar-refractivity contribution is -0.267. The van der Waals surface area contributed by atoms with Crippen molar-refractivity contribution in [3.8, 4) is 0 Å². The summed E-state index contributed by atoms with van der Waals surface area (Å²) in [4.78, 5) is 11.3. The van der Waals surface area contributed by atoms with Gasteiger partial charge in [0.15, 0.2) is 0 Å². The van der Waals surface area contributed by atoms with Crippen molar-refractivity contribution < 1.29 is 48.7 Å². The van der Waals surface area contributed by atoms with Crippen molar-refractivity contribution in [1.82, 2.24) is 5.32 Å². The van der Waals surface area contributed by atoms with Gasteiger partial charge in [0.2, 0.25) is 5.91 Å². The van der Waals surface area contributed by atoms with Crippen molar-refractivity contribution in [2.45, 2.75) is 49.3 Å². The van der Waals surface area contributed by atoms with Gasteiger partial charge in [-0.15, -0.1) is 0 Å². The van der Waals surface area contributed by atoms with Gasteiger partial charge in [-0.05, 0) is 0 Å². The number of hydrogen-bond acceptors (Lipinski definition) is 10. The Morgan fingerprint density at radius 3 is 2.38 bits per heavy atom. The minimum absolute atomic E-state index is 0.578. The highest BCUT2D eigenvalue weighted by Crippen LogP contribution is 2.61. The van der Waals surface area contributed by atoms with Crippen molar-refractivity contribution in [3.63, 3.8) is 0 Å². The number of carbonyl (C=O) groups is 1.